The molecule has 1 aromatic heterocycles. The number of pyridine rings is 1. The molecule has 3 nitrogen and oxygen atoms in total. The van der Waals surface area contributed by atoms with Gasteiger partial charge in [0.05, 0.1) is 10.6 Å². The fourth-order valence-corrected chi connectivity index (χ4v) is 2.60. The van der Waals surface area contributed by atoms with Crippen LogP contribution in [0, 0.1) is 0 Å². The number of rotatable bonds is 3. The molecule has 1 aliphatic heterocycles. The number of anilines is 1. The molecule has 0 spiro atoms. The van der Waals surface area contributed by atoms with Crippen molar-refractivity contribution in [1.82, 2.24) is 9.88 Å². The highest BCUT2D eigenvalue weighted by Crippen LogP contribution is 2.33. The van der Waals surface area contributed by atoms with Crippen molar-refractivity contribution in [3.05, 3.63) is 22.8 Å². The number of piperazine rings is 1. The molecule has 0 aromatic carbocycles. The van der Waals surface area contributed by atoms with Crippen molar-refractivity contribution in [3.63, 3.8) is 0 Å². The van der Waals surface area contributed by atoms with Crippen LogP contribution in [0.5, 0.6) is 0 Å². The SMILES string of the molecule is CCCN1CCN(c2ncc(C(F)(F)F)cc2Cl)CC1. The van der Waals surface area contributed by atoms with Gasteiger partial charge in [-0.1, -0.05) is 18.5 Å². The second kappa shape index (κ2) is 6.18. The van der Waals surface area contributed by atoms with Gasteiger partial charge in [-0.3, -0.25) is 4.90 Å². The molecule has 0 atom stereocenters. The molecule has 0 radical (unpaired) electrons. The Kier molecular flexibility index (Phi) is 4.75. The van der Waals surface area contributed by atoms with Crippen LogP contribution < -0.4 is 4.90 Å². The van der Waals surface area contributed by atoms with Gasteiger partial charge in [-0.25, -0.2) is 4.98 Å². The van der Waals surface area contributed by atoms with Crippen LogP contribution in [0.1, 0.15) is 18.9 Å². The van der Waals surface area contributed by atoms with E-state index in [4.69, 9.17) is 11.6 Å². The summed E-state index contributed by atoms with van der Waals surface area (Å²) in [4.78, 5) is 8.16. The van der Waals surface area contributed by atoms with E-state index in [-0.39, 0.29) is 5.02 Å². The van der Waals surface area contributed by atoms with Crippen LogP contribution in [-0.2, 0) is 6.18 Å². The third-order valence-corrected chi connectivity index (χ3v) is 3.64. The lowest BCUT2D eigenvalue weighted by molar-refractivity contribution is -0.137. The summed E-state index contributed by atoms with van der Waals surface area (Å²) < 4.78 is 37.7. The van der Waals surface area contributed by atoms with Gasteiger partial charge in [-0.15, -0.1) is 0 Å². The Morgan fingerprint density at radius 1 is 1.25 bits per heavy atom. The molecule has 0 bridgehead atoms. The van der Waals surface area contributed by atoms with E-state index in [1.807, 2.05) is 4.90 Å². The molecule has 1 aliphatic rings. The first kappa shape index (κ1) is 15.4. The van der Waals surface area contributed by atoms with Crippen LogP contribution >= 0.6 is 11.6 Å². The van der Waals surface area contributed by atoms with Gasteiger partial charge in [0, 0.05) is 32.4 Å². The average Bonchev–Trinajstić information content (AvgIpc) is 2.39. The monoisotopic (exact) mass is 307 g/mol. The maximum Gasteiger partial charge on any atom is 0.417 e. The topological polar surface area (TPSA) is 19.4 Å². The fraction of sp³-hybridized carbons (Fsp3) is 0.615. The number of alkyl halides is 3. The molecule has 7 heteroatoms. The predicted molar refractivity (Wildman–Crippen MR) is 73.2 cm³/mol. The summed E-state index contributed by atoms with van der Waals surface area (Å²) in [6.45, 7) is 6.40. The van der Waals surface area contributed by atoms with E-state index < -0.39 is 11.7 Å². The number of hydrogen-bond acceptors (Lipinski definition) is 3. The molecule has 0 amide bonds. The van der Waals surface area contributed by atoms with Gasteiger partial charge in [0.2, 0.25) is 0 Å². The van der Waals surface area contributed by atoms with Gasteiger partial charge < -0.3 is 4.90 Å². The predicted octanol–water partition coefficient (Wildman–Crippen LogP) is 3.29. The first-order valence-electron chi connectivity index (χ1n) is 6.62. The van der Waals surface area contributed by atoms with E-state index in [1.54, 1.807) is 0 Å². The summed E-state index contributed by atoms with van der Waals surface area (Å²) >= 11 is 5.95. The van der Waals surface area contributed by atoms with Crippen molar-refractivity contribution in [1.29, 1.82) is 0 Å². The maximum atomic E-state index is 12.6. The summed E-state index contributed by atoms with van der Waals surface area (Å²) in [6, 6.07) is 0.947. The molecular weight excluding hydrogens is 291 g/mol. The van der Waals surface area contributed by atoms with Crippen molar-refractivity contribution in [2.75, 3.05) is 37.6 Å². The molecule has 2 heterocycles. The smallest absolute Gasteiger partial charge is 0.353 e. The van der Waals surface area contributed by atoms with Gasteiger partial charge in [-0.2, -0.15) is 13.2 Å². The van der Waals surface area contributed by atoms with E-state index in [0.717, 1.165) is 51.4 Å². The van der Waals surface area contributed by atoms with Crippen molar-refractivity contribution in [3.8, 4) is 0 Å². The average molecular weight is 308 g/mol. The zero-order chi connectivity index (χ0) is 14.8. The molecule has 0 aliphatic carbocycles. The number of halogens is 4. The lowest BCUT2D eigenvalue weighted by atomic mass is 10.2. The standard InChI is InChI=1S/C13H17ClF3N3/c1-2-3-19-4-6-20(7-5-19)12-11(14)8-10(9-18-12)13(15,16)17/h8-9H,2-7H2,1H3. The largest absolute Gasteiger partial charge is 0.417 e. The second-order valence-electron chi connectivity index (χ2n) is 4.86. The minimum Gasteiger partial charge on any atom is -0.353 e. The van der Waals surface area contributed by atoms with Crippen LogP contribution in [0.3, 0.4) is 0 Å². The highest BCUT2D eigenvalue weighted by atomic mass is 35.5. The zero-order valence-corrected chi connectivity index (χ0v) is 12.0. The van der Waals surface area contributed by atoms with Gasteiger partial charge in [-0.05, 0) is 19.0 Å². The van der Waals surface area contributed by atoms with Crippen LogP contribution in [0.15, 0.2) is 12.3 Å². The van der Waals surface area contributed by atoms with E-state index in [0.29, 0.717) is 5.82 Å². The lowest BCUT2D eigenvalue weighted by Gasteiger charge is -2.35. The van der Waals surface area contributed by atoms with E-state index in [2.05, 4.69) is 16.8 Å². The molecule has 112 valence electrons. The van der Waals surface area contributed by atoms with Crippen LogP contribution in [0.2, 0.25) is 5.02 Å². The first-order valence-corrected chi connectivity index (χ1v) is 6.99. The van der Waals surface area contributed by atoms with E-state index >= 15 is 0 Å². The molecule has 0 saturated carbocycles. The number of hydrogen-bond donors (Lipinski definition) is 0. The first-order chi connectivity index (χ1) is 9.41. The Morgan fingerprint density at radius 3 is 2.40 bits per heavy atom. The minimum absolute atomic E-state index is 0.0590. The maximum absolute atomic E-state index is 12.6. The van der Waals surface area contributed by atoms with Gasteiger partial charge >= 0.3 is 6.18 Å². The molecule has 1 fully saturated rings. The fourth-order valence-electron chi connectivity index (χ4n) is 2.32. The Labute approximate surface area is 121 Å². The highest BCUT2D eigenvalue weighted by Gasteiger charge is 2.32. The third-order valence-electron chi connectivity index (χ3n) is 3.36. The van der Waals surface area contributed by atoms with Gasteiger partial charge in [0.25, 0.3) is 0 Å². The summed E-state index contributed by atoms with van der Waals surface area (Å²) in [6.07, 6.45) is -2.46. The Balaban J connectivity index is 2.07. The molecule has 20 heavy (non-hydrogen) atoms. The molecular formula is C13H17ClF3N3. The van der Waals surface area contributed by atoms with Crippen molar-refractivity contribution < 1.29 is 13.2 Å². The molecule has 1 saturated heterocycles. The van der Waals surface area contributed by atoms with Crippen molar-refractivity contribution in [2.24, 2.45) is 0 Å². The lowest BCUT2D eigenvalue weighted by Crippen LogP contribution is -2.46. The second-order valence-corrected chi connectivity index (χ2v) is 5.26. The van der Waals surface area contributed by atoms with Crippen molar-refractivity contribution >= 4 is 17.4 Å². The van der Waals surface area contributed by atoms with Crippen molar-refractivity contribution in [2.45, 2.75) is 19.5 Å². The van der Waals surface area contributed by atoms with E-state index in [1.165, 1.54) is 0 Å². The van der Waals surface area contributed by atoms with Crippen LogP contribution in [-0.4, -0.2) is 42.6 Å². The van der Waals surface area contributed by atoms with Gasteiger partial charge in [0.15, 0.2) is 0 Å². The Hall–Kier alpha value is -1.01. The molecule has 0 unspecified atom stereocenters. The molecule has 1 aromatic rings. The number of aromatic nitrogens is 1. The minimum atomic E-state index is -4.41. The normalized spacial score (nSPS) is 17.6. The quantitative estimate of drug-likeness (QED) is 0.854. The zero-order valence-electron chi connectivity index (χ0n) is 11.3. The summed E-state index contributed by atoms with van der Waals surface area (Å²) in [7, 11) is 0. The Morgan fingerprint density at radius 2 is 1.90 bits per heavy atom. The highest BCUT2D eigenvalue weighted by molar-refractivity contribution is 6.33. The summed E-state index contributed by atoms with van der Waals surface area (Å²) in [5.74, 6) is 0.441. The Bertz CT molecular complexity index is 457. The van der Waals surface area contributed by atoms with Crippen LogP contribution in [0.4, 0.5) is 19.0 Å². The summed E-state index contributed by atoms with van der Waals surface area (Å²) in [5, 5.41) is 0.0590. The van der Waals surface area contributed by atoms with E-state index in [9.17, 15) is 13.2 Å². The molecule has 2 rings (SSSR count). The molecule has 0 N–H and O–H groups in total. The number of nitrogens with zero attached hydrogens (tertiary/aromatic N) is 3. The summed E-state index contributed by atoms with van der Waals surface area (Å²) in [5.41, 5.74) is -0.809. The third kappa shape index (κ3) is 3.55. The van der Waals surface area contributed by atoms with Gasteiger partial charge in [0.1, 0.15) is 5.82 Å². The van der Waals surface area contributed by atoms with Crippen LogP contribution in [0.25, 0.3) is 0 Å².